The topological polar surface area (TPSA) is 54.0 Å². The molecule has 3 aliphatic heterocycles. The predicted octanol–water partition coefficient (Wildman–Crippen LogP) is 1.56. The minimum Gasteiger partial charge on any atom is -0.486 e. The summed E-state index contributed by atoms with van der Waals surface area (Å²) in [4.78, 5) is 16.7. The van der Waals surface area contributed by atoms with E-state index in [0.717, 1.165) is 69.7 Å². The first-order valence-electron chi connectivity index (χ1n) is 10.1. The van der Waals surface area contributed by atoms with Gasteiger partial charge < -0.3 is 19.3 Å². The van der Waals surface area contributed by atoms with Crippen LogP contribution in [0.4, 0.5) is 5.95 Å². The van der Waals surface area contributed by atoms with Gasteiger partial charge >= 0.3 is 0 Å². The summed E-state index contributed by atoms with van der Waals surface area (Å²) >= 11 is 0. The van der Waals surface area contributed by atoms with E-state index in [1.807, 2.05) is 12.3 Å². The van der Waals surface area contributed by atoms with Gasteiger partial charge in [0.25, 0.3) is 0 Å². The smallest absolute Gasteiger partial charge is 0.225 e. The molecule has 0 atom stereocenters. The molecule has 3 aliphatic rings. The van der Waals surface area contributed by atoms with Crippen LogP contribution in [0.1, 0.15) is 16.8 Å². The number of fused-ring (bicyclic) bond motifs is 2. The van der Waals surface area contributed by atoms with Crippen molar-refractivity contribution in [2.24, 2.45) is 0 Å². The lowest BCUT2D eigenvalue weighted by atomic mass is 10.1. The van der Waals surface area contributed by atoms with Gasteiger partial charge in [0, 0.05) is 64.0 Å². The van der Waals surface area contributed by atoms with Gasteiger partial charge in [-0.1, -0.05) is 6.07 Å². The molecule has 0 amide bonds. The van der Waals surface area contributed by atoms with Crippen LogP contribution in [0.3, 0.4) is 0 Å². The molecule has 1 aromatic carbocycles. The molecule has 7 nitrogen and oxygen atoms in total. The minimum absolute atomic E-state index is 0.626. The number of nitrogens with zero attached hydrogens (tertiary/aromatic N) is 5. The summed E-state index contributed by atoms with van der Waals surface area (Å²) in [7, 11) is 2.17. The van der Waals surface area contributed by atoms with Crippen molar-refractivity contribution >= 4 is 5.95 Å². The van der Waals surface area contributed by atoms with Gasteiger partial charge in [0.05, 0.1) is 5.69 Å². The van der Waals surface area contributed by atoms with Gasteiger partial charge in [-0.2, -0.15) is 0 Å². The first kappa shape index (κ1) is 17.7. The van der Waals surface area contributed by atoms with Crippen LogP contribution in [0.5, 0.6) is 11.5 Å². The van der Waals surface area contributed by atoms with E-state index in [2.05, 4.69) is 38.9 Å². The van der Waals surface area contributed by atoms with Crippen LogP contribution in [-0.4, -0.2) is 72.8 Å². The first-order chi connectivity index (χ1) is 13.7. The van der Waals surface area contributed by atoms with Gasteiger partial charge in [-0.3, -0.25) is 4.90 Å². The van der Waals surface area contributed by atoms with Gasteiger partial charge in [-0.15, -0.1) is 0 Å². The molecule has 1 aromatic heterocycles. The summed E-state index contributed by atoms with van der Waals surface area (Å²) in [5.74, 6) is 2.61. The highest BCUT2D eigenvalue weighted by Gasteiger charge is 2.22. The van der Waals surface area contributed by atoms with Crippen LogP contribution in [0, 0.1) is 0 Å². The van der Waals surface area contributed by atoms with Crippen molar-refractivity contribution in [2.75, 3.05) is 57.9 Å². The molecular weight excluding hydrogens is 354 g/mol. The van der Waals surface area contributed by atoms with E-state index in [9.17, 15) is 0 Å². The van der Waals surface area contributed by atoms with Crippen LogP contribution in [0.15, 0.2) is 24.4 Å². The van der Waals surface area contributed by atoms with Crippen molar-refractivity contribution in [2.45, 2.75) is 19.5 Å². The largest absolute Gasteiger partial charge is 0.486 e. The Morgan fingerprint density at radius 2 is 1.82 bits per heavy atom. The van der Waals surface area contributed by atoms with Crippen molar-refractivity contribution in [1.29, 1.82) is 0 Å². The Kier molecular flexibility index (Phi) is 4.78. The quantitative estimate of drug-likeness (QED) is 0.800. The molecule has 0 aliphatic carbocycles. The van der Waals surface area contributed by atoms with Crippen LogP contribution < -0.4 is 14.4 Å². The summed E-state index contributed by atoms with van der Waals surface area (Å²) in [6.07, 6.45) is 3.01. The van der Waals surface area contributed by atoms with Gasteiger partial charge in [-0.05, 0) is 24.7 Å². The number of benzene rings is 1. The van der Waals surface area contributed by atoms with Crippen LogP contribution >= 0.6 is 0 Å². The molecule has 28 heavy (non-hydrogen) atoms. The van der Waals surface area contributed by atoms with Gasteiger partial charge in [-0.25, -0.2) is 9.97 Å². The van der Waals surface area contributed by atoms with E-state index in [0.29, 0.717) is 13.2 Å². The van der Waals surface area contributed by atoms with Crippen LogP contribution in [0.25, 0.3) is 0 Å². The van der Waals surface area contributed by atoms with E-state index in [1.54, 1.807) is 0 Å². The molecule has 148 valence electrons. The minimum atomic E-state index is 0.626. The van der Waals surface area contributed by atoms with E-state index in [1.165, 1.54) is 16.8 Å². The maximum absolute atomic E-state index is 5.72. The molecule has 0 N–H and O–H groups in total. The van der Waals surface area contributed by atoms with Gasteiger partial charge in [0.1, 0.15) is 13.2 Å². The molecular formula is C21H27N5O2. The maximum atomic E-state index is 5.72. The fourth-order valence-electron chi connectivity index (χ4n) is 4.10. The lowest BCUT2D eigenvalue weighted by molar-refractivity contribution is 0.171. The van der Waals surface area contributed by atoms with Crippen LogP contribution in [-0.2, 0) is 19.5 Å². The molecule has 1 saturated heterocycles. The summed E-state index contributed by atoms with van der Waals surface area (Å²) in [5.41, 5.74) is 3.71. The van der Waals surface area contributed by atoms with Crippen molar-refractivity contribution in [1.82, 2.24) is 19.8 Å². The number of anilines is 1. The fourth-order valence-corrected chi connectivity index (χ4v) is 4.10. The zero-order valence-corrected chi connectivity index (χ0v) is 16.4. The maximum Gasteiger partial charge on any atom is 0.225 e. The SMILES string of the molecule is CN1CCN(c2ncc3c(n2)CCN(Cc2ccc4c(c2)OCCO4)C3)CC1. The average Bonchev–Trinajstić information content (AvgIpc) is 2.74. The monoisotopic (exact) mass is 381 g/mol. The highest BCUT2D eigenvalue weighted by Crippen LogP contribution is 2.31. The fraction of sp³-hybridized carbons (Fsp3) is 0.524. The molecule has 7 heteroatoms. The second-order valence-corrected chi connectivity index (χ2v) is 7.87. The molecule has 4 heterocycles. The lowest BCUT2D eigenvalue weighted by Crippen LogP contribution is -2.45. The molecule has 0 spiro atoms. The highest BCUT2D eigenvalue weighted by atomic mass is 16.6. The van der Waals surface area contributed by atoms with E-state index in [-0.39, 0.29) is 0 Å². The second-order valence-electron chi connectivity index (χ2n) is 7.87. The average molecular weight is 381 g/mol. The Morgan fingerprint density at radius 3 is 2.68 bits per heavy atom. The summed E-state index contributed by atoms with van der Waals surface area (Å²) < 4.78 is 11.3. The normalized spacial score (nSPS) is 20.1. The van der Waals surface area contributed by atoms with Crippen molar-refractivity contribution in [3.05, 3.63) is 41.2 Å². The number of ether oxygens (including phenoxy) is 2. The van der Waals surface area contributed by atoms with E-state index >= 15 is 0 Å². The summed E-state index contributed by atoms with van der Waals surface area (Å²) in [6.45, 7) is 8.22. The van der Waals surface area contributed by atoms with Crippen LogP contribution in [0.2, 0.25) is 0 Å². The third kappa shape index (κ3) is 3.64. The number of piperazine rings is 1. The lowest BCUT2D eigenvalue weighted by Gasteiger charge is -2.33. The second kappa shape index (κ2) is 7.56. The van der Waals surface area contributed by atoms with Gasteiger partial charge in [0.2, 0.25) is 5.95 Å². The predicted molar refractivity (Wildman–Crippen MR) is 107 cm³/mol. The number of rotatable bonds is 3. The number of likely N-dealkylation sites (N-methyl/N-ethyl adjacent to an activating group) is 1. The third-order valence-corrected chi connectivity index (χ3v) is 5.80. The molecule has 2 aromatic rings. The van der Waals surface area contributed by atoms with Crippen molar-refractivity contribution in [3.8, 4) is 11.5 Å². The first-order valence-corrected chi connectivity index (χ1v) is 10.1. The van der Waals surface area contributed by atoms with E-state index < -0.39 is 0 Å². The molecule has 0 saturated carbocycles. The molecule has 0 unspecified atom stereocenters. The van der Waals surface area contributed by atoms with Crippen molar-refractivity contribution in [3.63, 3.8) is 0 Å². The third-order valence-electron chi connectivity index (χ3n) is 5.80. The van der Waals surface area contributed by atoms with Crippen molar-refractivity contribution < 1.29 is 9.47 Å². The van der Waals surface area contributed by atoms with Gasteiger partial charge in [0.15, 0.2) is 11.5 Å². The Morgan fingerprint density at radius 1 is 1.00 bits per heavy atom. The standard InChI is InChI=1S/C21H27N5O2/c1-24-6-8-26(9-7-24)21-22-13-17-15-25(5-4-18(17)23-21)14-16-2-3-19-20(12-16)28-11-10-27-19/h2-3,12-13H,4-11,14-15H2,1H3. The molecule has 0 radical (unpaired) electrons. The highest BCUT2D eigenvalue weighted by molar-refractivity contribution is 5.44. The van der Waals surface area contributed by atoms with E-state index in [4.69, 9.17) is 14.5 Å². The number of hydrogen-bond donors (Lipinski definition) is 0. The Labute approximate surface area is 165 Å². The zero-order chi connectivity index (χ0) is 18.9. The Bertz CT molecular complexity index is 851. The summed E-state index contributed by atoms with van der Waals surface area (Å²) in [6, 6.07) is 6.26. The molecule has 1 fully saturated rings. The zero-order valence-electron chi connectivity index (χ0n) is 16.4. The molecule has 0 bridgehead atoms. The summed E-state index contributed by atoms with van der Waals surface area (Å²) in [5, 5.41) is 0. The Balaban J connectivity index is 1.25. The number of aromatic nitrogens is 2. The number of hydrogen-bond acceptors (Lipinski definition) is 7. The molecule has 5 rings (SSSR count). The Hall–Kier alpha value is -2.38.